The lowest BCUT2D eigenvalue weighted by atomic mass is 10.2. The van der Waals surface area contributed by atoms with Crippen LogP contribution in [0.2, 0.25) is 0 Å². The predicted octanol–water partition coefficient (Wildman–Crippen LogP) is 0.0898. The highest BCUT2D eigenvalue weighted by atomic mass is 16.8. The zero-order chi connectivity index (χ0) is 24.2. The molecule has 2 aromatic rings. The molecule has 0 aliphatic carbocycles. The van der Waals surface area contributed by atoms with Crippen molar-refractivity contribution in [1.82, 2.24) is 4.73 Å². The van der Waals surface area contributed by atoms with Crippen molar-refractivity contribution >= 4 is 35.9 Å². The number of hydrogen-bond donors (Lipinski definition) is 6. The van der Waals surface area contributed by atoms with Crippen molar-refractivity contribution in [2.45, 2.75) is 6.29 Å². The molecule has 14 nitrogen and oxygen atoms in total. The Morgan fingerprint density at radius 3 is 2.03 bits per heavy atom. The van der Waals surface area contributed by atoms with E-state index in [0.717, 1.165) is 18.2 Å². The predicted molar refractivity (Wildman–Crippen MR) is 98.2 cm³/mol. The maximum absolute atomic E-state index is 11.9. The SMILES string of the molecule is O=C(C=Cc1ccc(O)c(O)c1)O[C@H](On1c(C(=O)O)cc(C(=O)O)c1C(=O)O)C(=O)O. The van der Waals surface area contributed by atoms with Crippen LogP contribution in [0.5, 0.6) is 11.5 Å². The zero-order valence-electron chi connectivity index (χ0n) is 15.5. The van der Waals surface area contributed by atoms with Crippen LogP contribution in [0.4, 0.5) is 0 Å². The van der Waals surface area contributed by atoms with Crippen molar-refractivity contribution < 1.29 is 64.2 Å². The van der Waals surface area contributed by atoms with E-state index in [4.69, 9.17) is 15.1 Å². The van der Waals surface area contributed by atoms with E-state index in [1.165, 1.54) is 6.07 Å². The number of rotatable bonds is 9. The molecule has 0 aliphatic heterocycles. The Labute approximate surface area is 176 Å². The van der Waals surface area contributed by atoms with Gasteiger partial charge < -0.3 is 40.2 Å². The summed E-state index contributed by atoms with van der Waals surface area (Å²) in [7, 11) is 0. The van der Waals surface area contributed by atoms with E-state index in [9.17, 15) is 44.4 Å². The molecule has 14 heteroatoms. The van der Waals surface area contributed by atoms with E-state index in [1.807, 2.05) is 0 Å². The van der Waals surface area contributed by atoms with Crippen molar-refractivity contribution in [3.63, 3.8) is 0 Å². The number of aromatic nitrogens is 1. The minimum Gasteiger partial charge on any atom is -0.504 e. The minimum absolute atomic E-state index is 0.0953. The van der Waals surface area contributed by atoms with Gasteiger partial charge in [-0.1, -0.05) is 6.07 Å². The summed E-state index contributed by atoms with van der Waals surface area (Å²) in [5.41, 5.74) is -3.11. The Bertz CT molecular complexity index is 1140. The number of carboxylic acid groups (broad SMARTS) is 4. The number of hydrogen-bond acceptors (Lipinski definition) is 9. The largest absolute Gasteiger partial charge is 0.504 e. The minimum atomic E-state index is -2.58. The first-order valence-electron chi connectivity index (χ1n) is 8.18. The second kappa shape index (κ2) is 9.21. The normalized spacial score (nSPS) is 11.6. The van der Waals surface area contributed by atoms with Crippen molar-refractivity contribution in [3.8, 4) is 11.5 Å². The number of aliphatic carboxylic acids is 1. The average molecular weight is 451 g/mol. The summed E-state index contributed by atoms with van der Waals surface area (Å²) in [6.07, 6.45) is -0.825. The molecule has 1 atom stereocenters. The molecule has 0 radical (unpaired) electrons. The van der Waals surface area contributed by atoms with Gasteiger partial charge in [-0.25, -0.2) is 24.0 Å². The van der Waals surface area contributed by atoms with Crippen molar-refractivity contribution in [2.75, 3.05) is 0 Å². The zero-order valence-corrected chi connectivity index (χ0v) is 15.5. The van der Waals surface area contributed by atoms with Gasteiger partial charge in [0.1, 0.15) is 0 Å². The second-order valence-corrected chi connectivity index (χ2v) is 5.80. The van der Waals surface area contributed by atoms with Gasteiger partial charge in [0.25, 0.3) is 0 Å². The summed E-state index contributed by atoms with van der Waals surface area (Å²) in [6, 6.07) is 3.88. The Hall–Kier alpha value is -5.01. The molecule has 1 heterocycles. The number of aromatic carboxylic acids is 3. The number of benzene rings is 1. The van der Waals surface area contributed by atoms with Crippen LogP contribution >= 0.6 is 0 Å². The average Bonchev–Trinajstić information content (AvgIpc) is 3.08. The first-order chi connectivity index (χ1) is 14.9. The third kappa shape index (κ3) is 5.12. The standard InChI is InChI=1S/C18H13NO13/c20-10-3-1-7(5-11(10)21)2-4-12(22)31-18(17(29)30)32-19-9(15(25)26)6-8(14(23)24)13(19)16(27)28/h1-6,18,20-21H,(H,23,24)(H,25,26)(H,27,28)(H,29,30)/t18-/m1/s1. The van der Waals surface area contributed by atoms with Gasteiger partial charge >= 0.3 is 36.1 Å². The van der Waals surface area contributed by atoms with E-state index in [0.29, 0.717) is 12.1 Å². The molecule has 32 heavy (non-hydrogen) atoms. The number of esters is 1. The molecular weight excluding hydrogens is 438 g/mol. The highest BCUT2D eigenvalue weighted by Gasteiger charge is 2.33. The van der Waals surface area contributed by atoms with E-state index in [-0.39, 0.29) is 10.3 Å². The molecule has 0 saturated carbocycles. The fourth-order valence-electron chi connectivity index (χ4n) is 2.28. The van der Waals surface area contributed by atoms with Crippen LogP contribution < -0.4 is 4.84 Å². The Balaban J connectivity index is 2.33. The molecule has 2 rings (SSSR count). The Kier molecular flexibility index (Phi) is 6.69. The van der Waals surface area contributed by atoms with Gasteiger partial charge in [-0.15, -0.1) is 0 Å². The first kappa shape index (κ1) is 23.3. The highest BCUT2D eigenvalue weighted by Crippen LogP contribution is 2.25. The van der Waals surface area contributed by atoms with E-state index in [2.05, 4.69) is 4.74 Å². The molecule has 1 aromatic heterocycles. The molecular formula is C18H13NO13. The van der Waals surface area contributed by atoms with Crippen molar-refractivity contribution in [2.24, 2.45) is 0 Å². The number of nitrogens with zero attached hydrogens (tertiary/aromatic N) is 1. The summed E-state index contributed by atoms with van der Waals surface area (Å²) in [4.78, 5) is 61.9. The van der Waals surface area contributed by atoms with E-state index >= 15 is 0 Å². The van der Waals surface area contributed by atoms with E-state index in [1.54, 1.807) is 0 Å². The lowest BCUT2D eigenvalue weighted by molar-refractivity contribution is -0.194. The van der Waals surface area contributed by atoms with Gasteiger partial charge in [-0.3, -0.25) is 0 Å². The molecule has 6 N–H and O–H groups in total. The monoisotopic (exact) mass is 451 g/mol. The quantitative estimate of drug-likeness (QED) is 0.129. The lowest BCUT2D eigenvalue weighted by Gasteiger charge is -2.17. The van der Waals surface area contributed by atoms with Gasteiger partial charge in [-0.05, 0) is 29.8 Å². The molecule has 0 aliphatic rings. The third-order valence-electron chi connectivity index (χ3n) is 3.65. The van der Waals surface area contributed by atoms with Crippen LogP contribution in [-0.4, -0.2) is 71.5 Å². The topological polar surface area (TPSA) is 230 Å². The number of carboxylic acids is 4. The summed E-state index contributed by atoms with van der Waals surface area (Å²) in [5, 5.41) is 55.3. The fourth-order valence-corrected chi connectivity index (χ4v) is 2.28. The number of carbonyl (C=O) groups excluding carboxylic acids is 1. The Morgan fingerprint density at radius 2 is 1.53 bits per heavy atom. The van der Waals surface area contributed by atoms with Gasteiger partial charge in [0, 0.05) is 6.08 Å². The molecule has 0 saturated heterocycles. The number of ether oxygens (including phenoxy) is 1. The number of carbonyl (C=O) groups is 5. The number of aromatic hydroxyl groups is 2. The number of phenols is 2. The van der Waals surface area contributed by atoms with Gasteiger partial charge in [0.2, 0.25) is 0 Å². The van der Waals surface area contributed by atoms with Crippen LogP contribution in [0.15, 0.2) is 30.3 Å². The van der Waals surface area contributed by atoms with E-state index < -0.39 is 64.6 Å². The molecule has 0 unspecified atom stereocenters. The third-order valence-corrected chi connectivity index (χ3v) is 3.65. The summed E-state index contributed by atoms with van der Waals surface area (Å²) >= 11 is 0. The van der Waals surface area contributed by atoms with Gasteiger partial charge in [0.05, 0.1) is 5.56 Å². The second-order valence-electron chi connectivity index (χ2n) is 5.80. The maximum Gasteiger partial charge on any atom is 0.389 e. The van der Waals surface area contributed by atoms with Crippen LogP contribution in [0.25, 0.3) is 6.08 Å². The molecule has 0 amide bonds. The van der Waals surface area contributed by atoms with Crippen molar-refractivity contribution in [1.29, 1.82) is 0 Å². The van der Waals surface area contributed by atoms with Crippen molar-refractivity contribution in [3.05, 3.63) is 52.9 Å². The van der Waals surface area contributed by atoms with Crippen LogP contribution in [-0.2, 0) is 14.3 Å². The van der Waals surface area contributed by atoms with Crippen LogP contribution in [0.1, 0.15) is 36.9 Å². The lowest BCUT2D eigenvalue weighted by Crippen LogP contribution is -2.39. The summed E-state index contributed by atoms with van der Waals surface area (Å²) in [6.45, 7) is 0. The van der Waals surface area contributed by atoms with Gasteiger partial charge in [0.15, 0.2) is 22.9 Å². The highest BCUT2D eigenvalue weighted by molar-refractivity contribution is 6.03. The number of phenolic OH excluding ortho intramolecular Hbond substituents is 2. The molecule has 1 aromatic carbocycles. The van der Waals surface area contributed by atoms with Crippen LogP contribution in [0, 0.1) is 0 Å². The molecule has 0 fully saturated rings. The smallest absolute Gasteiger partial charge is 0.389 e. The summed E-state index contributed by atoms with van der Waals surface area (Å²) in [5.74, 6) is -9.91. The first-order valence-corrected chi connectivity index (χ1v) is 8.18. The Morgan fingerprint density at radius 1 is 0.875 bits per heavy atom. The molecule has 168 valence electrons. The molecule has 0 bridgehead atoms. The fraction of sp³-hybridized carbons (Fsp3) is 0.0556. The van der Waals surface area contributed by atoms with Crippen LogP contribution in [0.3, 0.4) is 0 Å². The maximum atomic E-state index is 11.9. The summed E-state index contributed by atoms with van der Waals surface area (Å²) < 4.78 is 4.42. The van der Waals surface area contributed by atoms with Gasteiger partial charge in [-0.2, -0.15) is 4.73 Å². The molecule has 0 spiro atoms.